The molecule has 0 spiro atoms. The van der Waals surface area contributed by atoms with E-state index in [4.69, 9.17) is 5.73 Å². The van der Waals surface area contributed by atoms with E-state index in [0.29, 0.717) is 24.1 Å². The molecule has 2 rings (SSSR count). The number of nitro groups is 1. The summed E-state index contributed by atoms with van der Waals surface area (Å²) in [6, 6.07) is 3.27. The number of anilines is 1. The Hall–Kier alpha value is -1.69. The summed E-state index contributed by atoms with van der Waals surface area (Å²) in [6.45, 7) is 6.38. The number of pyridine rings is 1. The number of aromatic nitrogens is 1. The van der Waals surface area contributed by atoms with Crippen molar-refractivity contribution in [3.63, 3.8) is 0 Å². The molecule has 104 valence electrons. The third-order valence-corrected chi connectivity index (χ3v) is 3.98. The summed E-state index contributed by atoms with van der Waals surface area (Å²) in [5, 5.41) is 10.8. The summed E-state index contributed by atoms with van der Waals surface area (Å²) in [7, 11) is 0. The maximum absolute atomic E-state index is 10.8. The molecule has 1 aromatic heterocycles. The topological polar surface area (TPSA) is 85.3 Å². The number of rotatable bonds is 3. The van der Waals surface area contributed by atoms with Crippen LogP contribution >= 0.6 is 0 Å². The Morgan fingerprint density at radius 2 is 2.32 bits per heavy atom. The molecular weight excluding hydrogens is 244 g/mol. The lowest BCUT2D eigenvalue weighted by Crippen LogP contribution is -2.43. The Bertz CT molecular complexity index is 478. The molecule has 19 heavy (non-hydrogen) atoms. The minimum Gasteiger partial charge on any atom is -0.356 e. The van der Waals surface area contributed by atoms with E-state index in [0.717, 1.165) is 25.3 Å². The molecule has 0 aromatic carbocycles. The highest BCUT2D eigenvalue weighted by atomic mass is 16.6. The van der Waals surface area contributed by atoms with E-state index < -0.39 is 4.92 Å². The maximum atomic E-state index is 10.8. The Kier molecular flexibility index (Phi) is 3.99. The van der Waals surface area contributed by atoms with Gasteiger partial charge in [0, 0.05) is 19.2 Å². The first-order chi connectivity index (χ1) is 9.02. The Morgan fingerprint density at radius 1 is 1.58 bits per heavy atom. The van der Waals surface area contributed by atoms with Gasteiger partial charge in [0.05, 0.1) is 4.92 Å². The van der Waals surface area contributed by atoms with Gasteiger partial charge in [-0.1, -0.05) is 6.92 Å². The fourth-order valence-electron chi connectivity index (χ4n) is 2.57. The quantitative estimate of drug-likeness (QED) is 0.663. The van der Waals surface area contributed by atoms with E-state index in [9.17, 15) is 10.1 Å². The number of hydrogen-bond acceptors (Lipinski definition) is 5. The second-order valence-electron chi connectivity index (χ2n) is 5.24. The van der Waals surface area contributed by atoms with Gasteiger partial charge in [-0.05, 0) is 37.8 Å². The van der Waals surface area contributed by atoms with Gasteiger partial charge in [0.25, 0.3) is 5.69 Å². The predicted octanol–water partition coefficient (Wildman–Crippen LogP) is 1.72. The average molecular weight is 264 g/mol. The molecule has 1 aliphatic heterocycles. The van der Waals surface area contributed by atoms with Crippen LogP contribution in [0.15, 0.2) is 12.1 Å². The lowest BCUT2D eigenvalue weighted by molar-refractivity contribution is -0.385. The van der Waals surface area contributed by atoms with Crippen molar-refractivity contribution in [2.24, 2.45) is 17.6 Å². The van der Waals surface area contributed by atoms with Crippen molar-refractivity contribution < 1.29 is 4.92 Å². The monoisotopic (exact) mass is 264 g/mol. The summed E-state index contributed by atoms with van der Waals surface area (Å²) in [6.07, 6.45) is 1.08. The number of hydrogen-bond donors (Lipinski definition) is 1. The van der Waals surface area contributed by atoms with Crippen LogP contribution in [-0.2, 0) is 0 Å². The Balaban J connectivity index is 2.18. The van der Waals surface area contributed by atoms with Crippen LogP contribution in [-0.4, -0.2) is 29.5 Å². The molecular formula is C13H20N4O2. The van der Waals surface area contributed by atoms with Crippen LogP contribution in [0, 0.1) is 28.9 Å². The van der Waals surface area contributed by atoms with Crippen LogP contribution in [0.25, 0.3) is 0 Å². The third-order valence-electron chi connectivity index (χ3n) is 3.98. The summed E-state index contributed by atoms with van der Waals surface area (Å²) in [4.78, 5) is 16.9. The molecule has 2 heterocycles. The summed E-state index contributed by atoms with van der Waals surface area (Å²) in [5.74, 6) is 1.90. The van der Waals surface area contributed by atoms with Gasteiger partial charge in [-0.15, -0.1) is 0 Å². The molecule has 0 amide bonds. The van der Waals surface area contributed by atoms with Gasteiger partial charge in [0.1, 0.15) is 11.5 Å². The highest BCUT2D eigenvalue weighted by Crippen LogP contribution is 2.27. The second-order valence-corrected chi connectivity index (χ2v) is 5.24. The molecule has 1 aromatic rings. The molecule has 2 unspecified atom stereocenters. The number of nitrogens with zero attached hydrogens (tertiary/aromatic N) is 3. The van der Waals surface area contributed by atoms with E-state index in [-0.39, 0.29) is 5.69 Å². The van der Waals surface area contributed by atoms with Crippen LogP contribution in [0.4, 0.5) is 11.5 Å². The summed E-state index contributed by atoms with van der Waals surface area (Å²) < 4.78 is 0. The maximum Gasteiger partial charge on any atom is 0.290 e. The van der Waals surface area contributed by atoms with Crippen molar-refractivity contribution in [2.75, 3.05) is 24.5 Å². The zero-order valence-corrected chi connectivity index (χ0v) is 11.4. The van der Waals surface area contributed by atoms with Gasteiger partial charge in [-0.25, -0.2) is 4.98 Å². The fourth-order valence-corrected chi connectivity index (χ4v) is 2.57. The molecule has 1 fully saturated rings. The highest BCUT2D eigenvalue weighted by molar-refractivity contribution is 5.47. The second kappa shape index (κ2) is 5.52. The normalized spacial score (nSPS) is 23.4. The van der Waals surface area contributed by atoms with Crippen molar-refractivity contribution in [2.45, 2.75) is 20.3 Å². The van der Waals surface area contributed by atoms with Gasteiger partial charge in [0.15, 0.2) is 0 Å². The third kappa shape index (κ3) is 2.84. The standard InChI is InChI=1S/C13H20N4O2/c1-9-5-6-16(8-11(9)7-14)13-4-3-12(17(18)19)10(2)15-13/h3-4,9,11H,5-8,14H2,1-2H3. The van der Waals surface area contributed by atoms with Crippen LogP contribution < -0.4 is 10.6 Å². The molecule has 0 saturated carbocycles. The van der Waals surface area contributed by atoms with Crippen molar-refractivity contribution >= 4 is 11.5 Å². The van der Waals surface area contributed by atoms with Gasteiger partial charge in [-0.2, -0.15) is 0 Å². The lowest BCUT2D eigenvalue weighted by atomic mass is 9.87. The van der Waals surface area contributed by atoms with E-state index in [2.05, 4.69) is 16.8 Å². The zero-order valence-electron chi connectivity index (χ0n) is 11.4. The molecule has 0 radical (unpaired) electrons. The highest BCUT2D eigenvalue weighted by Gasteiger charge is 2.26. The van der Waals surface area contributed by atoms with Crippen molar-refractivity contribution in [1.82, 2.24) is 4.98 Å². The minimum atomic E-state index is -0.396. The predicted molar refractivity (Wildman–Crippen MR) is 74.2 cm³/mol. The van der Waals surface area contributed by atoms with E-state index in [1.807, 2.05) is 0 Å². The van der Waals surface area contributed by atoms with E-state index in [1.54, 1.807) is 13.0 Å². The van der Waals surface area contributed by atoms with Crippen molar-refractivity contribution in [3.8, 4) is 0 Å². The van der Waals surface area contributed by atoms with Crippen LogP contribution in [0.1, 0.15) is 19.0 Å². The van der Waals surface area contributed by atoms with Gasteiger partial charge >= 0.3 is 0 Å². The fraction of sp³-hybridized carbons (Fsp3) is 0.615. The largest absolute Gasteiger partial charge is 0.356 e. The first-order valence-corrected chi connectivity index (χ1v) is 6.60. The molecule has 1 saturated heterocycles. The SMILES string of the molecule is Cc1nc(N2CCC(C)C(CN)C2)ccc1[N+](=O)[O-]. The summed E-state index contributed by atoms with van der Waals surface area (Å²) in [5.41, 5.74) is 6.33. The van der Waals surface area contributed by atoms with Crippen molar-refractivity contribution in [1.29, 1.82) is 0 Å². The molecule has 0 aliphatic carbocycles. The Morgan fingerprint density at radius 3 is 2.89 bits per heavy atom. The lowest BCUT2D eigenvalue weighted by Gasteiger charge is -2.37. The Labute approximate surface area is 112 Å². The molecule has 6 heteroatoms. The smallest absolute Gasteiger partial charge is 0.290 e. The molecule has 0 bridgehead atoms. The average Bonchev–Trinajstić information content (AvgIpc) is 2.38. The summed E-state index contributed by atoms with van der Waals surface area (Å²) >= 11 is 0. The number of aryl methyl sites for hydroxylation is 1. The molecule has 6 nitrogen and oxygen atoms in total. The number of piperidine rings is 1. The van der Waals surface area contributed by atoms with E-state index in [1.165, 1.54) is 6.07 Å². The van der Waals surface area contributed by atoms with Crippen molar-refractivity contribution in [3.05, 3.63) is 27.9 Å². The van der Waals surface area contributed by atoms with Crippen LogP contribution in [0.3, 0.4) is 0 Å². The van der Waals surface area contributed by atoms with Gasteiger partial charge < -0.3 is 10.6 Å². The van der Waals surface area contributed by atoms with Crippen LogP contribution in [0.2, 0.25) is 0 Å². The molecule has 1 aliphatic rings. The first kappa shape index (κ1) is 13.7. The first-order valence-electron chi connectivity index (χ1n) is 6.60. The van der Waals surface area contributed by atoms with E-state index >= 15 is 0 Å². The number of nitrogens with two attached hydrogens (primary N) is 1. The van der Waals surface area contributed by atoms with Gasteiger partial charge in [0.2, 0.25) is 0 Å². The minimum absolute atomic E-state index is 0.0736. The van der Waals surface area contributed by atoms with Gasteiger partial charge in [-0.3, -0.25) is 10.1 Å². The molecule has 2 N–H and O–H groups in total. The molecule has 2 atom stereocenters. The van der Waals surface area contributed by atoms with Crippen LogP contribution in [0.5, 0.6) is 0 Å². The zero-order chi connectivity index (χ0) is 14.0.